The summed E-state index contributed by atoms with van der Waals surface area (Å²) in [5.41, 5.74) is 0. The van der Waals surface area contributed by atoms with Crippen molar-refractivity contribution < 1.29 is 24.4 Å². The quantitative estimate of drug-likeness (QED) is 0.687. The van der Waals surface area contributed by atoms with Crippen LogP contribution in [0.15, 0.2) is 0 Å². The van der Waals surface area contributed by atoms with Crippen LogP contribution in [0.2, 0.25) is 0 Å². The molecule has 17 heavy (non-hydrogen) atoms. The van der Waals surface area contributed by atoms with Gasteiger partial charge in [-0.15, -0.1) is 0 Å². The minimum atomic E-state index is -0.237. The molecule has 2 heterocycles. The van der Waals surface area contributed by atoms with Crippen LogP contribution in [0.4, 0.5) is 0 Å². The van der Waals surface area contributed by atoms with Gasteiger partial charge in [0.25, 0.3) is 0 Å². The molecule has 2 aliphatic heterocycles. The van der Waals surface area contributed by atoms with Crippen molar-refractivity contribution in [2.75, 3.05) is 26.4 Å². The minimum absolute atomic E-state index is 0.237. The summed E-state index contributed by atoms with van der Waals surface area (Å²) < 4.78 is 15.1. The summed E-state index contributed by atoms with van der Waals surface area (Å²) in [5.74, 6) is 0. The maximum Gasteiger partial charge on any atom is 0.104 e. The van der Waals surface area contributed by atoms with Crippen molar-refractivity contribution in [3.8, 4) is 0 Å². The van der Waals surface area contributed by atoms with Crippen molar-refractivity contribution in [3.63, 3.8) is 0 Å². The number of ether oxygens (including phenoxy) is 3. The molecule has 3 rings (SSSR count). The molecule has 0 aromatic carbocycles. The summed E-state index contributed by atoms with van der Waals surface area (Å²) in [7, 11) is 0. The van der Waals surface area contributed by atoms with Crippen LogP contribution in [0.1, 0.15) is 25.7 Å². The van der Waals surface area contributed by atoms with Gasteiger partial charge in [0.1, 0.15) is 12.2 Å². The lowest BCUT2D eigenvalue weighted by atomic mass is 9.95. The van der Waals surface area contributed by atoms with E-state index < -0.39 is 0 Å². The zero-order valence-electron chi connectivity index (χ0n) is 10.1. The molecular formula is C12H22O5. The Bertz CT molecular complexity index is 195. The lowest BCUT2D eigenvalue weighted by Gasteiger charge is -2.20. The molecule has 2 N–H and O–H groups in total. The third kappa shape index (κ3) is 6.33. The summed E-state index contributed by atoms with van der Waals surface area (Å²) in [5, 5.41) is 17.8. The van der Waals surface area contributed by atoms with E-state index in [1.165, 1.54) is 0 Å². The highest BCUT2D eigenvalue weighted by Crippen LogP contribution is 2.17. The molecule has 3 aliphatic rings. The molecule has 4 atom stereocenters. The Morgan fingerprint density at radius 1 is 0.941 bits per heavy atom. The molecule has 5 nitrogen and oxygen atoms in total. The highest BCUT2D eigenvalue weighted by Gasteiger charge is 2.26. The third-order valence-electron chi connectivity index (χ3n) is 3.03. The van der Waals surface area contributed by atoms with Gasteiger partial charge in [0.15, 0.2) is 0 Å². The standard InChI is InChI=1S/C6H10O3.C6H12O2/c1(5-3-8-5)7-2-6-4-9-6;7-5-2-1-3-6(8)4-5/h5-6H,1-4H2;5-8H,1-4H2. The molecule has 1 saturated carbocycles. The van der Waals surface area contributed by atoms with Gasteiger partial charge in [-0.25, -0.2) is 0 Å². The van der Waals surface area contributed by atoms with Crippen molar-refractivity contribution in [2.24, 2.45) is 0 Å². The Hall–Kier alpha value is -0.200. The van der Waals surface area contributed by atoms with E-state index in [9.17, 15) is 0 Å². The number of aliphatic hydroxyl groups excluding tert-OH is 2. The van der Waals surface area contributed by atoms with Gasteiger partial charge in [0.05, 0.1) is 38.6 Å². The Labute approximate surface area is 102 Å². The Kier molecular flexibility index (Phi) is 5.18. The minimum Gasteiger partial charge on any atom is -0.393 e. The van der Waals surface area contributed by atoms with Gasteiger partial charge in [-0.05, 0) is 25.7 Å². The molecular weight excluding hydrogens is 224 g/mol. The zero-order valence-corrected chi connectivity index (χ0v) is 10.1. The van der Waals surface area contributed by atoms with Crippen molar-refractivity contribution in [3.05, 3.63) is 0 Å². The van der Waals surface area contributed by atoms with Crippen molar-refractivity contribution in [1.29, 1.82) is 0 Å². The van der Waals surface area contributed by atoms with Crippen molar-refractivity contribution in [1.82, 2.24) is 0 Å². The van der Waals surface area contributed by atoms with Crippen LogP contribution < -0.4 is 0 Å². The maximum atomic E-state index is 8.92. The molecule has 1 aliphatic carbocycles. The lowest BCUT2D eigenvalue weighted by molar-refractivity contribution is 0.0406. The Balaban J connectivity index is 0.000000128. The van der Waals surface area contributed by atoms with Crippen LogP contribution in [-0.4, -0.2) is 61.1 Å². The van der Waals surface area contributed by atoms with Gasteiger partial charge >= 0.3 is 0 Å². The van der Waals surface area contributed by atoms with E-state index in [1.54, 1.807) is 0 Å². The molecule has 0 bridgehead atoms. The first-order valence-corrected chi connectivity index (χ1v) is 6.41. The SMILES string of the molecule is C(OCC1CO1)C1CO1.OC1CCCC(O)C1. The molecule has 0 amide bonds. The lowest BCUT2D eigenvalue weighted by Crippen LogP contribution is -2.22. The number of aliphatic hydroxyl groups is 2. The van der Waals surface area contributed by atoms with E-state index in [0.29, 0.717) is 18.6 Å². The van der Waals surface area contributed by atoms with Gasteiger partial charge in [0, 0.05) is 0 Å². The molecule has 0 spiro atoms. The van der Waals surface area contributed by atoms with Crippen LogP contribution >= 0.6 is 0 Å². The second-order valence-electron chi connectivity index (χ2n) is 4.92. The van der Waals surface area contributed by atoms with Gasteiger partial charge in [0.2, 0.25) is 0 Å². The fourth-order valence-corrected chi connectivity index (χ4v) is 1.80. The molecule has 0 radical (unpaired) electrons. The van der Waals surface area contributed by atoms with Gasteiger partial charge in [-0.1, -0.05) is 0 Å². The number of epoxide rings is 2. The van der Waals surface area contributed by atoms with E-state index in [0.717, 1.165) is 45.7 Å². The van der Waals surface area contributed by atoms with Crippen LogP contribution in [-0.2, 0) is 14.2 Å². The van der Waals surface area contributed by atoms with Gasteiger partial charge in [-0.2, -0.15) is 0 Å². The van der Waals surface area contributed by atoms with E-state index >= 15 is 0 Å². The number of rotatable bonds is 4. The fourth-order valence-electron chi connectivity index (χ4n) is 1.80. The molecule has 5 heteroatoms. The fraction of sp³-hybridized carbons (Fsp3) is 1.00. The normalized spacial score (nSPS) is 39.2. The Morgan fingerprint density at radius 3 is 1.71 bits per heavy atom. The monoisotopic (exact) mass is 246 g/mol. The molecule has 100 valence electrons. The van der Waals surface area contributed by atoms with Crippen LogP contribution in [0.3, 0.4) is 0 Å². The molecule has 2 saturated heterocycles. The Morgan fingerprint density at radius 2 is 1.41 bits per heavy atom. The summed E-state index contributed by atoms with van der Waals surface area (Å²) in [6.07, 6.45) is 3.61. The van der Waals surface area contributed by atoms with Crippen LogP contribution in [0, 0.1) is 0 Å². The molecule has 4 unspecified atom stereocenters. The second-order valence-corrected chi connectivity index (χ2v) is 4.92. The van der Waals surface area contributed by atoms with E-state index in [4.69, 9.17) is 24.4 Å². The topological polar surface area (TPSA) is 74.8 Å². The van der Waals surface area contributed by atoms with Crippen molar-refractivity contribution >= 4 is 0 Å². The first-order valence-electron chi connectivity index (χ1n) is 6.41. The first-order chi connectivity index (χ1) is 8.24. The average Bonchev–Trinajstić information content (AvgIpc) is 3.13. The predicted octanol–water partition coefficient (Wildman–Crippen LogP) is 0.0828. The van der Waals surface area contributed by atoms with Gasteiger partial charge < -0.3 is 24.4 Å². The highest BCUT2D eigenvalue weighted by molar-refractivity contribution is 4.71. The smallest absolute Gasteiger partial charge is 0.104 e. The number of hydrogen-bond donors (Lipinski definition) is 2. The maximum absolute atomic E-state index is 8.92. The van der Waals surface area contributed by atoms with Crippen molar-refractivity contribution in [2.45, 2.75) is 50.1 Å². The molecule has 0 aromatic rings. The third-order valence-corrected chi connectivity index (χ3v) is 3.03. The zero-order chi connectivity index (χ0) is 12.1. The predicted molar refractivity (Wildman–Crippen MR) is 60.8 cm³/mol. The molecule has 0 aromatic heterocycles. The van der Waals surface area contributed by atoms with Gasteiger partial charge in [-0.3, -0.25) is 0 Å². The largest absolute Gasteiger partial charge is 0.393 e. The van der Waals surface area contributed by atoms with Crippen LogP contribution in [0.25, 0.3) is 0 Å². The first kappa shape index (κ1) is 13.2. The second kappa shape index (κ2) is 6.66. The molecule has 3 fully saturated rings. The van der Waals surface area contributed by atoms with Crippen LogP contribution in [0.5, 0.6) is 0 Å². The summed E-state index contributed by atoms with van der Waals surface area (Å²) >= 11 is 0. The average molecular weight is 246 g/mol. The summed E-state index contributed by atoms with van der Waals surface area (Å²) in [6.45, 7) is 3.26. The van der Waals surface area contributed by atoms with E-state index in [1.807, 2.05) is 0 Å². The number of hydrogen-bond acceptors (Lipinski definition) is 5. The summed E-state index contributed by atoms with van der Waals surface area (Å²) in [6, 6.07) is 0. The van der Waals surface area contributed by atoms with E-state index in [2.05, 4.69) is 0 Å². The van der Waals surface area contributed by atoms with E-state index in [-0.39, 0.29) is 12.2 Å². The summed E-state index contributed by atoms with van der Waals surface area (Å²) in [4.78, 5) is 0. The highest BCUT2D eigenvalue weighted by atomic mass is 16.6.